The summed E-state index contributed by atoms with van der Waals surface area (Å²) < 4.78 is 29.6. The number of terminal acetylenes is 1. The number of likely N-dealkylation sites (N-methyl/N-ethyl adjacent to an activating group) is 2. The van der Waals surface area contributed by atoms with Crippen LogP contribution in [-0.4, -0.2) is 174 Å². The third-order valence-electron chi connectivity index (χ3n) is 16.8. The van der Waals surface area contributed by atoms with E-state index in [4.69, 9.17) is 26.2 Å². The van der Waals surface area contributed by atoms with Gasteiger partial charge in [0, 0.05) is 56.9 Å². The molecule has 4 rings (SSSR count). The van der Waals surface area contributed by atoms with Crippen LogP contribution in [0.3, 0.4) is 0 Å². The maximum absolute atomic E-state index is 14.7. The van der Waals surface area contributed by atoms with E-state index in [9.17, 15) is 57.6 Å². The monoisotopic (exact) mass is 1340 g/mol. The number of amides is 10. The first-order valence-corrected chi connectivity index (χ1v) is 34.0. The first-order valence-electron chi connectivity index (χ1n) is 32.3. The van der Waals surface area contributed by atoms with Crippen molar-refractivity contribution in [3.8, 4) is 12.1 Å². The van der Waals surface area contributed by atoms with E-state index in [1.807, 2.05) is 44.2 Å². The Hall–Kier alpha value is -8.37. The SMILES string of the molecule is C#CP(=O)(Nc1ccc(C(=O)N[C@@H](C(=O)N[C@H](CCCNC(N)=O)C(=O)Nc2ccc(COC(=O)N(C)[C@H](C(=O)N[C@H](C(=O)N(C)[C@@H](C(C)CC)[C@@H](CC(=O)N3CCC[C@H]3[C@H](O)CC(=O)N[C@@H](Cc3ccccc3)C(C)=O)OC)C(C)C)C(C)C)cc2)C(C)C)cc1)OCC. The Balaban J connectivity index is 1.39. The molecule has 26 nitrogen and oxygen atoms in total. The van der Waals surface area contributed by atoms with Crippen molar-refractivity contribution in [2.24, 2.45) is 29.4 Å². The highest BCUT2D eigenvalue weighted by Gasteiger charge is 2.42. The number of aliphatic hydroxyl groups is 1. The molecule has 95 heavy (non-hydrogen) atoms. The number of benzene rings is 3. The van der Waals surface area contributed by atoms with Crippen molar-refractivity contribution >= 4 is 78.2 Å². The van der Waals surface area contributed by atoms with Gasteiger partial charge in [0.1, 0.15) is 30.8 Å². The van der Waals surface area contributed by atoms with Crippen LogP contribution in [0.4, 0.5) is 21.0 Å². The molecule has 522 valence electrons. The summed E-state index contributed by atoms with van der Waals surface area (Å²) in [5.74, 6) is -5.60. The second-order valence-electron chi connectivity index (χ2n) is 25.0. The van der Waals surface area contributed by atoms with E-state index in [0.717, 1.165) is 10.5 Å². The summed E-state index contributed by atoms with van der Waals surface area (Å²) in [6, 6.07) is 14.1. The van der Waals surface area contributed by atoms with Gasteiger partial charge in [-0.2, -0.15) is 0 Å². The van der Waals surface area contributed by atoms with E-state index in [0.29, 0.717) is 42.7 Å². The van der Waals surface area contributed by atoms with Crippen molar-refractivity contribution < 1.29 is 71.6 Å². The summed E-state index contributed by atoms with van der Waals surface area (Å²) in [7, 11) is 0.869. The number of carbonyl (C=O) groups is 10. The minimum absolute atomic E-state index is 0.0525. The minimum Gasteiger partial charge on any atom is -0.445 e. The first-order chi connectivity index (χ1) is 44.9. The van der Waals surface area contributed by atoms with Gasteiger partial charge in [-0.3, -0.25) is 47.8 Å². The molecule has 0 bridgehead atoms. The van der Waals surface area contributed by atoms with Crippen LogP contribution in [0.25, 0.3) is 0 Å². The van der Waals surface area contributed by atoms with Crippen molar-refractivity contribution in [2.75, 3.05) is 51.3 Å². The second kappa shape index (κ2) is 38.2. The molecule has 1 fully saturated rings. The molecule has 10 N–H and O–H groups in total. The number of aliphatic hydroxyl groups excluding tert-OH is 1. The molecule has 0 saturated carbocycles. The molecular formula is C68H100N11O15P. The van der Waals surface area contributed by atoms with Crippen LogP contribution >= 0.6 is 7.52 Å². The number of rotatable bonds is 37. The standard InChI is InChI=1S/C68H100N11O15P/c1-15-44(10)61(55(92-14)39-57(83)79-36-22-26-53(79)54(81)38-56(82)72-52(45(11)80)37-46-23-19-18-20-24-46)77(12)66(88)59(42(6)7)75-65(87)60(43(8)9)78(13)68(90)93-40-47-27-31-49(32-28-47)71-63(85)51(25-21-35-70-67(69)89)73-64(86)58(41(4)5)74-62(84)48-29-33-50(34-30-48)76-95(91,17-3)94-16-2/h3,18-20,23-24,27-34,41-44,51-55,58-61,81H,15-16,21-22,25-26,35-40H2,1-2,4-14H3,(H,71,85)(H,72,82)(H,73,86)(H,74,84)(H,75,87)(H,76,91)(H3,69,70,89)/t44?,51-,52+,53+,54-,55-,58-,59+,60+,61+,95?/m1/s1. The zero-order valence-corrected chi connectivity index (χ0v) is 58.0. The second-order valence-corrected chi connectivity index (χ2v) is 26.9. The molecule has 3 aromatic rings. The molecule has 0 aliphatic carbocycles. The average molecular weight is 1340 g/mol. The molecule has 1 saturated heterocycles. The van der Waals surface area contributed by atoms with E-state index in [1.165, 1.54) is 50.2 Å². The van der Waals surface area contributed by atoms with Gasteiger partial charge in [-0.1, -0.05) is 104 Å². The fraction of sp³-hybridized carbons (Fsp3) is 0.559. The van der Waals surface area contributed by atoms with Crippen molar-refractivity contribution in [3.05, 3.63) is 95.6 Å². The fourth-order valence-corrected chi connectivity index (χ4v) is 12.4. The van der Waals surface area contributed by atoms with Crippen molar-refractivity contribution in [2.45, 2.75) is 182 Å². The van der Waals surface area contributed by atoms with Crippen molar-refractivity contribution in [1.29, 1.82) is 0 Å². The van der Waals surface area contributed by atoms with E-state index in [-0.39, 0.29) is 75.0 Å². The van der Waals surface area contributed by atoms with Gasteiger partial charge < -0.3 is 71.6 Å². The molecule has 2 unspecified atom stereocenters. The van der Waals surface area contributed by atoms with E-state index in [2.05, 4.69) is 42.6 Å². The number of nitrogens with two attached hydrogens (primary N) is 1. The molecule has 1 heterocycles. The summed E-state index contributed by atoms with van der Waals surface area (Å²) in [5.41, 5.74) is 9.57. The number of ketones is 1. The summed E-state index contributed by atoms with van der Waals surface area (Å²) in [4.78, 5) is 140. The third-order valence-corrected chi connectivity index (χ3v) is 18.3. The highest BCUT2D eigenvalue weighted by molar-refractivity contribution is 7.65. The third kappa shape index (κ3) is 24.1. The van der Waals surface area contributed by atoms with Crippen LogP contribution in [0.1, 0.15) is 136 Å². The van der Waals surface area contributed by atoms with Crippen LogP contribution in [0.5, 0.6) is 0 Å². The highest BCUT2D eigenvalue weighted by atomic mass is 31.2. The summed E-state index contributed by atoms with van der Waals surface area (Å²) in [6.07, 6.45) is 4.22. The maximum Gasteiger partial charge on any atom is 0.410 e. The zero-order valence-electron chi connectivity index (χ0n) is 57.1. The van der Waals surface area contributed by atoms with E-state index >= 15 is 0 Å². The molecule has 27 heteroatoms. The topological polar surface area (TPSA) is 356 Å². The molecular weight excluding hydrogens is 1240 g/mol. The molecule has 0 radical (unpaired) electrons. The Morgan fingerprint density at radius 1 is 0.758 bits per heavy atom. The van der Waals surface area contributed by atoms with E-state index < -0.39 is 127 Å². The van der Waals surface area contributed by atoms with Gasteiger partial charge in [-0.25, -0.2) is 9.59 Å². The van der Waals surface area contributed by atoms with Gasteiger partial charge in [-0.15, -0.1) is 6.42 Å². The average Bonchev–Trinajstić information content (AvgIpc) is 1.75. The number of anilines is 2. The molecule has 1 aliphatic rings. The number of hydrogen-bond donors (Lipinski definition) is 9. The predicted molar refractivity (Wildman–Crippen MR) is 361 cm³/mol. The van der Waals surface area contributed by atoms with Gasteiger partial charge in [0.2, 0.25) is 35.4 Å². The van der Waals surface area contributed by atoms with Crippen molar-refractivity contribution in [3.63, 3.8) is 0 Å². The van der Waals surface area contributed by atoms with Crippen LogP contribution in [0, 0.1) is 35.8 Å². The lowest BCUT2D eigenvalue weighted by Gasteiger charge is -2.41. The number of likely N-dealkylation sites (tertiary alicyclic amines) is 1. The maximum atomic E-state index is 14.7. The summed E-state index contributed by atoms with van der Waals surface area (Å²) >= 11 is 0. The predicted octanol–water partition coefficient (Wildman–Crippen LogP) is 6.32. The minimum atomic E-state index is -3.61. The Kier molecular flexibility index (Phi) is 31.8. The Morgan fingerprint density at radius 3 is 1.95 bits per heavy atom. The molecule has 10 amide bonds. The number of ether oxygens (including phenoxy) is 2. The molecule has 11 atom stereocenters. The van der Waals surface area contributed by atoms with Crippen LogP contribution in [0.2, 0.25) is 0 Å². The lowest BCUT2D eigenvalue weighted by molar-refractivity contribution is -0.147. The Morgan fingerprint density at radius 2 is 1.39 bits per heavy atom. The summed E-state index contributed by atoms with van der Waals surface area (Å²) in [5, 5.41) is 30.4. The highest BCUT2D eigenvalue weighted by Crippen LogP contribution is 2.45. The number of nitrogens with one attached hydrogen (secondary N) is 7. The molecule has 1 aliphatic heterocycles. The van der Waals surface area contributed by atoms with Crippen LogP contribution in [0.15, 0.2) is 78.9 Å². The lowest BCUT2D eigenvalue weighted by Crippen LogP contribution is -2.60. The largest absolute Gasteiger partial charge is 0.445 e. The fourth-order valence-electron chi connectivity index (χ4n) is 11.4. The number of urea groups is 1. The molecule has 3 aromatic carbocycles. The summed E-state index contributed by atoms with van der Waals surface area (Å²) in [6.45, 7) is 17.7. The molecule has 0 spiro atoms. The number of primary amides is 1. The van der Waals surface area contributed by atoms with Gasteiger partial charge in [0.25, 0.3) is 5.91 Å². The van der Waals surface area contributed by atoms with Gasteiger partial charge >= 0.3 is 19.6 Å². The lowest BCUT2D eigenvalue weighted by atomic mass is 9.89. The van der Waals surface area contributed by atoms with Gasteiger partial charge in [-0.05, 0) is 117 Å². The van der Waals surface area contributed by atoms with Crippen LogP contribution in [-0.2, 0) is 65.2 Å². The van der Waals surface area contributed by atoms with Crippen LogP contribution < -0.4 is 42.7 Å². The number of methoxy groups -OCH3 is 1. The number of carbonyl (C=O) groups excluding carboxylic acids is 10. The number of nitrogens with zero attached hydrogens (tertiary/aromatic N) is 3. The van der Waals surface area contributed by atoms with Crippen molar-refractivity contribution in [1.82, 2.24) is 41.3 Å². The normalized spacial score (nSPS) is 16.4. The smallest absolute Gasteiger partial charge is 0.410 e. The number of Topliss-reactive ketones (excluding diaryl/α,β-unsaturated/α-hetero) is 1. The van der Waals surface area contributed by atoms with Gasteiger partial charge in [0.05, 0.1) is 49.8 Å². The zero-order chi connectivity index (χ0) is 70.9. The Labute approximate surface area is 558 Å². The first kappa shape index (κ1) is 79.1. The quantitative estimate of drug-likeness (QED) is 0.0173. The Bertz CT molecular complexity index is 3160. The van der Waals surface area contributed by atoms with Gasteiger partial charge in [0.15, 0.2) is 5.78 Å². The number of hydrogen-bond acceptors (Lipinski definition) is 15. The molecule has 0 aromatic heterocycles. The van der Waals surface area contributed by atoms with E-state index in [1.54, 1.807) is 84.7 Å².